The van der Waals surface area contributed by atoms with E-state index in [4.69, 9.17) is 4.74 Å². The number of amides is 1. The Morgan fingerprint density at radius 3 is 2.95 bits per heavy atom. The van der Waals surface area contributed by atoms with Crippen LogP contribution in [0.2, 0.25) is 0 Å². The Kier molecular flexibility index (Phi) is 4.67. The Labute approximate surface area is 116 Å². The molecule has 1 amide bonds. The molecule has 0 unspecified atom stereocenters. The molecule has 4 nitrogen and oxygen atoms in total. The van der Waals surface area contributed by atoms with Crippen LogP contribution in [0.5, 0.6) is 0 Å². The van der Waals surface area contributed by atoms with Crippen molar-refractivity contribution in [3.8, 4) is 0 Å². The largest absolute Gasteiger partial charge is 0.376 e. The molecule has 1 fully saturated rings. The third kappa shape index (κ3) is 3.52. The average Bonchev–Trinajstić information content (AvgIpc) is 2.42. The van der Waals surface area contributed by atoms with Gasteiger partial charge in [0, 0.05) is 19.2 Å². The van der Waals surface area contributed by atoms with Crippen LogP contribution in [0, 0.1) is 11.6 Å². The van der Waals surface area contributed by atoms with Gasteiger partial charge in [0.15, 0.2) is 0 Å². The van der Waals surface area contributed by atoms with E-state index in [0.29, 0.717) is 19.7 Å². The molecule has 0 spiro atoms. The number of ether oxygens (including phenoxy) is 1. The number of morpholine rings is 1. The number of carbonyl (C=O) groups is 1. The van der Waals surface area contributed by atoms with Gasteiger partial charge in [-0.05, 0) is 26.0 Å². The molecular formula is C14H18F2N2O2. The Bertz CT molecular complexity index is 496. The van der Waals surface area contributed by atoms with E-state index in [-0.39, 0.29) is 17.7 Å². The van der Waals surface area contributed by atoms with E-state index in [0.717, 1.165) is 18.2 Å². The van der Waals surface area contributed by atoms with Crippen LogP contribution in [-0.2, 0) is 9.53 Å². The highest BCUT2D eigenvalue weighted by Gasteiger charge is 2.26. The molecule has 0 radical (unpaired) electrons. The van der Waals surface area contributed by atoms with Gasteiger partial charge in [0.2, 0.25) is 5.91 Å². The van der Waals surface area contributed by atoms with Gasteiger partial charge in [-0.2, -0.15) is 0 Å². The van der Waals surface area contributed by atoms with Gasteiger partial charge in [-0.1, -0.05) is 0 Å². The number of nitrogens with one attached hydrogen (secondary N) is 1. The van der Waals surface area contributed by atoms with E-state index >= 15 is 0 Å². The Balaban J connectivity index is 2.02. The molecule has 0 saturated carbocycles. The first-order chi connectivity index (χ1) is 9.47. The van der Waals surface area contributed by atoms with Gasteiger partial charge in [0.25, 0.3) is 0 Å². The Morgan fingerprint density at radius 2 is 2.25 bits per heavy atom. The molecule has 0 bridgehead atoms. The normalized spacial score (nSPS) is 21.5. The monoisotopic (exact) mass is 284 g/mol. The van der Waals surface area contributed by atoms with Crippen LogP contribution in [0.25, 0.3) is 0 Å². The quantitative estimate of drug-likeness (QED) is 0.923. The summed E-state index contributed by atoms with van der Waals surface area (Å²) in [4.78, 5) is 14.1. The minimum absolute atomic E-state index is 0.0601. The molecule has 1 N–H and O–H groups in total. The molecule has 1 aliphatic rings. The number of nitrogens with zero attached hydrogens (tertiary/aromatic N) is 1. The summed E-state index contributed by atoms with van der Waals surface area (Å²) in [6, 6.07) is 2.55. The fourth-order valence-corrected chi connectivity index (χ4v) is 2.19. The van der Waals surface area contributed by atoms with Crippen molar-refractivity contribution in [1.82, 2.24) is 4.90 Å². The van der Waals surface area contributed by atoms with Crippen molar-refractivity contribution in [3.05, 3.63) is 29.8 Å². The van der Waals surface area contributed by atoms with Crippen molar-refractivity contribution in [2.45, 2.75) is 26.0 Å². The van der Waals surface area contributed by atoms with Crippen molar-refractivity contribution in [2.24, 2.45) is 0 Å². The van der Waals surface area contributed by atoms with Gasteiger partial charge in [0.05, 0.1) is 24.4 Å². The summed E-state index contributed by atoms with van der Waals surface area (Å²) in [7, 11) is 0. The van der Waals surface area contributed by atoms with Crippen molar-refractivity contribution < 1.29 is 18.3 Å². The molecular weight excluding hydrogens is 266 g/mol. The van der Waals surface area contributed by atoms with Gasteiger partial charge in [-0.25, -0.2) is 8.78 Å². The van der Waals surface area contributed by atoms with E-state index in [1.54, 1.807) is 6.92 Å². The van der Waals surface area contributed by atoms with E-state index in [1.165, 1.54) is 0 Å². The zero-order chi connectivity index (χ0) is 14.7. The molecule has 1 aromatic rings. The first-order valence-corrected chi connectivity index (χ1v) is 6.59. The summed E-state index contributed by atoms with van der Waals surface area (Å²) in [5.41, 5.74) is -0.136. The molecule has 1 aliphatic heterocycles. The molecule has 0 aliphatic carbocycles. The maximum Gasteiger partial charge on any atom is 0.241 e. The van der Waals surface area contributed by atoms with Gasteiger partial charge in [-0.15, -0.1) is 0 Å². The van der Waals surface area contributed by atoms with E-state index in [9.17, 15) is 13.6 Å². The first-order valence-electron chi connectivity index (χ1n) is 6.59. The standard InChI is InChI=1S/C14H18F2N2O2/c1-9-8-18(5-6-20-9)10(2)14(19)17-13-7-11(15)3-4-12(13)16/h3-4,7,9-10H,5-6,8H2,1-2H3,(H,17,19)/t9-,10-/m0/s1. The lowest BCUT2D eigenvalue weighted by Gasteiger charge is -2.34. The SMILES string of the molecule is C[C@H]1CN([C@@H](C)C(=O)Nc2cc(F)ccc2F)CCO1. The van der Waals surface area contributed by atoms with Crippen molar-refractivity contribution >= 4 is 11.6 Å². The number of rotatable bonds is 3. The molecule has 0 aromatic heterocycles. The third-order valence-corrected chi connectivity index (χ3v) is 3.39. The maximum atomic E-state index is 13.5. The summed E-state index contributed by atoms with van der Waals surface area (Å²) >= 11 is 0. The van der Waals surface area contributed by atoms with Gasteiger partial charge >= 0.3 is 0 Å². The lowest BCUT2D eigenvalue weighted by Crippen LogP contribution is -2.50. The number of halogens is 2. The van der Waals surface area contributed by atoms with Crippen molar-refractivity contribution in [2.75, 3.05) is 25.0 Å². The number of carbonyl (C=O) groups excluding carboxylic acids is 1. The molecule has 2 rings (SSSR count). The fourth-order valence-electron chi connectivity index (χ4n) is 2.19. The number of hydrogen-bond acceptors (Lipinski definition) is 3. The van der Waals surface area contributed by atoms with Crippen LogP contribution in [0.4, 0.5) is 14.5 Å². The Morgan fingerprint density at radius 1 is 1.50 bits per heavy atom. The smallest absolute Gasteiger partial charge is 0.241 e. The van der Waals surface area contributed by atoms with E-state index in [1.807, 2.05) is 11.8 Å². The lowest BCUT2D eigenvalue weighted by atomic mass is 10.2. The van der Waals surface area contributed by atoms with E-state index < -0.39 is 17.7 Å². The fraction of sp³-hybridized carbons (Fsp3) is 0.500. The topological polar surface area (TPSA) is 41.6 Å². The summed E-state index contributed by atoms with van der Waals surface area (Å²) < 4.78 is 32.0. The van der Waals surface area contributed by atoms with Crippen LogP contribution in [0.15, 0.2) is 18.2 Å². The molecule has 1 heterocycles. The van der Waals surface area contributed by atoms with Crippen LogP contribution >= 0.6 is 0 Å². The zero-order valence-corrected chi connectivity index (χ0v) is 11.5. The molecule has 2 atom stereocenters. The highest BCUT2D eigenvalue weighted by atomic mass is 19.1. The molecule has 110 valence electrons. The maximum absolute atomic E-state index is 13.5. The second-order valence-corrected chi connectivity index (χ2v) is 4.97. The lowest BCUT2D eigenvalue weighted by molar-refractivity contribution is -0.123. The first kappa shape index (κ1) is 14.9. The number of anilines is 1. The van der Waals surface area contributed by atoms with Crippen LogP contribution < -0.4 is 5.32 Å². The van der Waals surface area contributed by atoms with Crippen molar-refractivity contribution in [1.29, 1.82) is 0 Å². The predicted octanol–water partition coefficient (Wildman–Crippen LogP) is 2.01. The summed E-state index contributed by atoms with van der Waals surface area (Å²) in [5.74, 6) is -1.60. The third-order valence-electron chi connectivity index (χ3n) is 3.39. The molecule has 1 aromatic carbocycles. The summed E-state index contributed by atoms with van der Waals surface area (Å²) in [5, 5.41) is 2.43. The van der Waals surface area contributed by atoms with Crippen LogP contribution in [0.3, 0.4) is 0 Å². The zero-order valence-electron chi connectivity index (χ0n) is 11.5. The van der Waals surface area contributed by atoms with Crippen LogP contribution in [-0.4, -0.2) is 42.6 Å². The molecule has 1 saturated heterocycles. The minimum atomic E-state index is -0.651. The molecule has 20 heavy (non-hydrogen) atoms. The molecule has 6 heteroatoms. The highest BCUT2D eigenvalue weighted by molar-refractivity contribution is 5.94. The predicted molar refractivity (Wildman–Crippen MR) is 71.4 cm³/mol. The van der Waals surface area contributed by atoms with Crippen molar-refractivity contribution in [3.63, 3.8) is 0 Å². The van der Waals surface area contributed by atoms with Gasteiger partial charge in [0.1, 0.15) is 11.6 Å². The second-order valence-electron chi connectivity index (χ2n) is 4.97. The average molecular weight is 284 g/mol. The summed E-state index contributed by atoms with van der Waals surface area (Å²) in [6.45, 7) is 5.52. The number of benzene rings is 1. The minimum Gasteiger partial charge on any atom is -0.376 e. The van der Waals surface area contributed by atoms with Gasteiger partial charge in [-0.3, -0.25) is 9.69 Å². The second kappa shape index (κ2) is 6.28. The van der Waals surface area contributed by atoms with Gasteiger partial charge < -0.3 is 10.1 Å². The Hall–Kier alpha value is -1.53. The summed E-state index contributed by atoms with van der Waals surface area (Å²) in [6.07, 6.45) is 0.0601. The van der Waals surface area contributed by atoms with E-state index in [2.05, 4.69) is 5.32 Å². The number of hydrogen-bond donors (Lipinski definition) is 1. The van der Waals surface area contributed by atoms with Crippen LogP contribution in [0.1, 0.15) is 13.8 Å². The highest BCUT2D eigenvalue weighted by Crippen LogP contribution is 2.17.